The fourth-order valence-corrected chi connectivity index (χ4v) is 3.72. The van der Waals surface area contributed by atoms with Crippen LogP contribution >= 0.6 is 22.9 Å². The topological polar surface area (TPSA) is 67.2 Å². The second-order valence-corrected chi connectivity index (χ2v) is 7.16. The van der Waals surface area contributed by atoms with E-state index in [0.717, 1.165) is 21.5 Å². The number of aryl methyl sites for hydroxylation is 1. The quantitative estimate of drug-likeness (QED) is 0.731. The van der Waals surface area contributed by atoms with E-state index in [1.54, 1.807) is 6.92 Å². The summed E-state index contributed by atoms with van der Waals surface area (Å²) < 4.78 is 1.88. The molecule has 0 fully saturated rings. The van der Waals surface area contributed by atoms with Crippen LogP contribution < -0.4 is 5.32 Å². The van der Waals surface area contributed by atoms with Crippen LogP contribution in [0.15, 0.2) is 30.3 Å². The molecule has 1 atom stereocenters. The average Bonchev–Trinajstić information content (AvgIpc) is 3.09. The van der Waals surface area contributed by atoms with Crippen molar-refractivity contribution in [3.05, 3.63) is 51.5 Å². The van der Waals surface area contributed by atoms with Gasteiger partial charge in [-0.05, 0) is 31.5 Å². The summed E-state index contributed by atoms with van der Waals surface area (Å²) in [6.45, 7) is 4.35. The van der Waals surface area contributed by atoms with Crippen molar-refractivity contribution in [3.8, 4) is 0 Å². The summed E-state index contributed by atoms with van der Waals surface area (Å²) in [6, 6.07) is 9.51. The molecule has 0 aliphatic heterocycles. The van der Waals surface area contributed by atoms with Crippen molar-refractivity contribution in [1.29, 1.82) is 0 Å². The van der Waals surface area contributed by atoms with Gasteiger partial charge in [0.2, 0.25) is 0 Å². The number of aromatic nitrogens is 2. The number of rotatable bonds is 5. The first-order chi connectivity index (χ1) is 11.5. The lowest BCUT2D eigenvalue weighted by molar-refractivity contribution is 0.0928. The maximum Gasteiger partial charge on any atom is 0.261 e. The molecule has 126 valence electrons. The average molecular weight is 364 g/mol. The normalized spacial score (nSPS) is 12.5. The molecule has 2 N–H and O–H groups in total. The summed E-state index contributed by atoms with van der Waals surface area (Å²) in [5.41, 5.74) is 1.86. The Morgan fingerprint density at radius 1 is 1.46 bits per heavy atom. The Balaban J connectivity index is 1.90. The van der Waals surface area contributed by atoms with Crippen LogP contribution in [0.2, 0.25) is 5.02 Å². The minimum atomic E-state index is -0.569. The Morgan fingerprint density at radius 3 is 2.92 bits per heavy atom. The summed E-state index contributed by atoms with van der Waals surface area (Å²) >= 11 is 7.63. The van der Waals surface area contributed by atoms with Crippen LogP contribution in [0.3, 0.4) is 0 Å². The van der Waals surface area contributed by atoms with E-state index < -0.39 is 6.10 Å². The van der Waals surface area contributed by atoms with Crippen LogP contribution in [0.4, 0.5) is 0 Å². The van der Waals surface area contributed by atoms with Gasteiger partial charge in [0, 0.05) is 17.0 Å². The Bertz CT molecular complexity index is 885. The SMILES string of the molecule is Cc1nn(Cc2ccccc2Cl)c2sc(C(=O)NCC(C)O)cc12. The third-order valence-electron chi connectivity index (χ3n) is 3.67. The predicted molar refractivity (Wildman–Crippen MR) is 96.9 cm³/mol. The van der Waals surface area contributed by atoms with Crippen molar-refractivity contribution in [3.63, 3.8) is 0 Å². The lowest BCUT2D eigenvalue weighted by Crippen LogP contribution is -2.29. The number of aliphatic hydroxyl groups excluding tert-OH is 1. The van der Waals surface area contributed by atoms with E-state index in [9.17, 15) is 9.90 Å². The van der Waals surface area contributed by atoms with Crippen molar-refractivity contribution in [1.82, 2.24) is 15.1 Å². The Morgan fingerprint density at radius 2 is 2.21 bits per heavy atom. The zero-order valence-corrected chi connectivity index (χ0v) is 15.0. The van der Waals surface area contributed by atoms with Crippen LogP contribution in [0.5, 0.6) is 0 Å². The van der Waals surface area contributed by atoms with Crippen molar-refractivity contribution in [2.75, 3.05) is 6.54 Å². The number of fused-ring (bicyclic) bond motifs is 1. The van der Waals surface area contributed by atoms with Crippen LogP contribution in [0.25, 0.3) is 10.2 Å². The van der Waals surface area contributed by atoms with E-state index in [0.29, 0.717) is 16.4 Å². The number of thiophene rings is 1. The van der Waals surface area contributed by atoms with Gasteiger partial charge >= 0.3 is 0 Å². The molecule has 0 bridgehead atoms. The number of aliphatic hydroxyl groups is 1. The predicted octanol–water partition coefficient (Wildman–Crippen LogP) is 3.22. The second-order valence-electron chi connectivity index (χ2n) is 5.72. The molecule has 24 heavy (non-hydrogen) atoms. The molecule has 1 amide bonds. The Hall–Kier alpha value is -1.89. The summed E-state index contributed by atoms with van der Waals surface area (Å²) in [5.74, 6) is -0.180. The number of hydrogen-bond acceptors (Lipinski definition) is 4. The number of hydrogen-bond donors (Lipinski definition) is 2. The van der Waals surface area contributed by atoms with Crippen LogP contribution in [0.1, 0.15) is 27.9 Å². The Labute approximate surface area is 148 Å². The third kappa shape index (κ3) is 3.45. The number of carbonyl (C=O) groups is 1. The summed E-state index contributed by atoms with van der Waals surface area (Å²) in [5, 5.41) is 18.2. The maximum atomic E-state index is 12.2. The number of halogens is 1. The van der Waals surface area contributed by atoms with Gasteiger partial charge in [0.1, 0.15) is 4.83 Å². The largest absolute Gasteiger partial charge is 0.392 e. The molecular weight excluding hydrogens is 346 g/mol. The van der Waals surface area contributed by atoms with Crippen LogP contribution in [-0.4, -0.2) is 33.4 Å². The number of nitrogens with zero attached hydrogens (tertiary/aromatic N) is 2. The smallest absolute Gasteiger partial charge is 0.261 e. The molecule has 0 saturated heterocycles. The molecule has 0 spiro atoms. The van der Waals surface area contributed by atoms with Gasteiger partial charge in [-0.15, -0.1) is 11.3 Å². The highest BCUT2D eigenvalue weighted by molar-refractivity contribution is 7.20. The molecule has 0 radical (unpaired) electrons. The van der Waals surface area contributed by atoms with Crippen LogP contribution in [0, 0.1) is 6.92 Å². The standard InChI is InChI=1S/C17H18ClN3O2S/c1-10(22)8-19-16(23)15-7-13-11(2)20-21(17(13)24-15)9-12-5-3-4-6-14(12)18/h3-7,10,22H,8-9H2,1-2H3,(H,19,23). The summed E-state index contributed by atoms with van der Waals surface area (Å²) in [4.78, 5) is 13.7. The highest BCUT2D eigenvalue weighted by atomic mass is 35.5. The first-order valence-corrected chi connectivity index (χ1v) is 8.81. The zero-order valence-electron chi connectivity index (χ0n) is 13.4. The minimum Gasteiger partial charge on any atom is -0.392 e. The van der Waals surface area contributed by atoms with Crippen molar-refractivity contribution < 1.29 is 9.90 Å². The van der Waals surface area contributed by atoms with Gasteiger partial charge in [-0.3, -0.25) is 9.48 Å². The number of benzene rings is 1. The van der Waals surface area contributed by atoms with E-state index in [2.05, 4.69) is 10.4 Å². The summed E-state index contributed by atoms with van der Waals surface area (Å²) in [6.07, 6.45) is -0.569. The molecule has 2 aromatic heterocycles. The van der Waals surface area contributed by atoms with Gasteiger partial charge in [0.05, 0.1) is 23.2 Å². The van der Waals surface area contributed by atoms with Gasteiger partial charge < -0.3 is 10.4 Å². The lowest BCUT2D eigenvalue weighted by atomic mass is 10.2. The van der Waals surface area contributed by atoms with Gasteiger partial charge in [0.15, 0.2) is 0 Å². The second kappa shape index (κ2) is 6.93. The molecule has 1 aromatic carbocycles. The zero-order chi connectivity index (χ0) is 17.3. The molecule has 7 heteroatoms. The molecular formula is C17H18ClN3O2S. The molecule has 0 saturated carbocycles. The van der Waals surface area contributed by atoms with Crippen LogP contribution in [-0.2, 0) is 6.54 Å². The van der Waals surface area contributed by atoms with Gasteiger partial charge in [-0.2, -0.15) is 5.10 Å². The first kappa shape index (κ1) is 17.0. The van der Waals surface area contributed by atoms with Gasteiger partial charge in [-0.25, -0.2) is 0 Å². The van der Waals surface area contributed by atoms with E-state index in [-0.39, 0.29) is 12.5 Å². The number of amides is 1. The lowest BCUT2D eigenvalue weighted by Gasteiger charge is -2.06. The van der Waals surface area contributed by atoms with E-state index in [4.69, 9.17) is 11.6 Å². The molecule has 0 aliphatic rings. The number of carbonyl (C=O) groups excluding carboxylic acids is 1. The molecule has 1 unspecified atom stereocenters. The minimum absolute atomic E-state index is 0.180. The van der Waals surface area contributed by atoms with E-state index in [1.807, 2.05) is 41.9 Å². The first-order valence-electron chi connectivity index (χ1n) is 7.62. The summed E-state index contributed by atoms with van der Waals surface area (Å²) in [7, 11) is 0. The molecule has 3 aromatic rings. The van der Waals surface area contributed by atoms with Gasteiger partial charge in [-0.1, -0.05) is 29.8 Å². The van der Waals surface area contributed by atoms with Crippen molar-refractivity contribution in [2.45, 2.75) is 26.5 Å². The molecule has 3 rings (SSSR count). The molecule has 2 heterocycles. The Kier molecular flexibility index (Phi) is 4.89. The van der Waals surface area contributed by atoms with Gasteiger partial charge in [0.25, 0.3) is 5.91 Å². The van der Waals surface area contributed by atoms with E-state index in [1.165, 1.54) is 11.3 Å². The fourth-order valence-electron chi connectivity index (χ4n) is 2.45. The molecule has 0 aliphatic carbocycles. The molecule has 5 nitrogen and oxygen atoms in total. The van der Waals surface area contributed by atoms with E-state index >= 15 is 0 Å². The number of nitrogens with one attached hydrogen (secondary N) is 1. The monoisotopic (exact) mass is 363 g/mol. The maximum absolute atomic E-state index is 12.2. The fraction of sp³-hybridized carbons (Fsp3) is 0.294. The highest BCUT2D eigenvalue weighted by Crippen LogP contribution is 2.29. The van der Waals surface area contributed by atoms with Crippen molar-refractivity contribution >= 4 is 39.1 Å². The van der Waals surface area contributed by atoms with Crippen molar-refractivity contribution in [2.24, 2.45) is 0 Å². The highest BCUT2D eigenvalue weighted by Gasteiger charge is 2.17. The third-order valence-corrected chi connectivity index (χ3v) is 5.18.